The lowest BCUT2D eigenvalue weighted by Crippen LogP contribution is -2.61. The number of hydrogen-bond donors (Lipinski definition) is 3. The van der Waals surface area contributed by atoms with Crippen molar-refractivity contribution in [1.29, 1.82) is 0 Å². The van der Waals surface area contributed by atoms with Crippen LogP contribution in [0.2, 0.25) is 0 Å². The van der Waals surface area contributed by atoms with Crippen LogP contribution >= 0.6 is 0 Å². The molecule has 2 saturated heterocycles. The molecular weight excluding hydrogens is 875 g/mol. The Labute approximate surface area is 405 Å². The van der Waals surface area contributed by atoms with Crippen molar-refractivity contribution in [3.05, 3.63) is 47.6 Å². The molecule has 3 heterocycles. The fraction of sp³-hybridized carbons (Fsp3) is 0.755. The number of fused-ring (bicyclic) bond motifs is 3. The molecule has 4 rings (SSSR count). The number of methoxy groups -OCH3 is 3. The lowest BCUT2D eigenvalue weighted by molar-refractivity contribution is -0.265. The highest BCUT2D eigenvalue weighted by atomic mass is 16.6. The van der Waals surface area contributed by atoms with Crippen molar-refractivity contribution in [3.8, 4) is 0 Å². The second-order valence-corrected chi connectivity index (χ2v) is 20.2. The maximum atomic E-state index is 14.5. The smallest absolute Gasteiger partial charge is 0.329 e. The molecule has 0 radical (unpaired) electrons. The molecule has 3 fully saturated rings. The minimum atomic E-state index is -2.43. The fourth-order valence-corrected chi connectivity index (χ4v) is 10.5. The van der Waals surface area contributed by atoms with Crippen LogP contribution in [0.1, 0.15) is 126 Å². The zero-order valence-electron chi connectivity index (χ0n) is 42.4. The third-order valence-corrected chi connectivity index (χ3v) is 14.9. The third kappa shape index (κ3) is 15.3. The number of hydrogen-bond acceptors (Lipinski definition) is 14. The van der Waals surface area contributed by atoms with Gasteiger partial charge in [0.25, 0.3) is 11.7 Å². The molecule has 1 aliphatic carbocycles. The van der Waals surface area contributed by atoms with E-state index in [4.69, 9.17) is 28.4 Å². The standard InChI is InChI=1S/C53H83NO14/c1-32-16-12-11-13-17-33(2)44(63-8)30-40-21-19-38(7)53(62,68-40)50(59)51(60)54-23-15-14-18-41(54)52(61)67-45(35(4)28-39-20-22-43(66-25-24-55)46(29-39)64-9)31-42(56)34(3)27-37(6)48(58)49(65-10)47(57)36(5)26-32/h11-13,16-17,27,32,34-36,38-41,43-46,48-49,55,58,62H,14-15,18-26,28-31H2,1-10H3/t32?,34-,35+,36-,38-,39+,40+,41+,43?,44+,45+,46-,48-,49+,53-/m1/s1. The topological polar surface area (TPSA) is 205 Å². The van der Waals surface area contributed by atoms with Gasteiger partial charge >= 0.3 is 5.97 Å². The average molecular weight is 958 g/mol. The lowest BCUT2D eigenvalue weighted by atomic mass is 9.78. The van der Waals surface area contributed by atoms with Crippen LogP contribution in [-0.4, -0.2) is 145 Å². The predicted molar refractivity (Wildman–Crippen MR) is 256 cm³/mol. The Morgan fingerprint density at radius 2 is 1.59 bits per heavy atom. The maximum absolute atomic E-state index is 14.5. The summed E-state index contributed by atoms with van der Waals surface area (Å²) in [6, 6.07) is -1.14. The van der Waals surface area contributed by atoms with Gasteiger partial charge in [-0.2, -0.15) is 0 Å². The molecule has 2 bridgehead atoms. The van der Waals surface area contributed by atoms with Crippen molar-refractivity contribution < 1.29 is 67.7 Å². The quantitative estimate of drug-likeness (QED) is 0.134. The molecule has 0 spiro atoms. The number of ether oxygens (including phenoxy) is 6. The van der Waals surface area contributed by atoms with Gasteiger partial charge in [0.1, 0.15) is 30.1 Å². The van der Waals surface area contributed by atoms with E-state index in [0.717, 1.165) is 12.0 Å². The lowest BCUT2D eigenvalue weighted by Gasteiger charge is -2.42. The van der Waals surface area contributed by atoms with Crippen LogP contribution in [0, 0.1) is 35.5 Å². The van der Waals surface area contributed by atoms with Gasteiger partial charge in [0.2, 0.25) is 5.79 Å². The first-order valence-corrected chi connectivity index (χ1v) is 25.0. The van der Waals surface area contributed by atoms with Gasteiger partial charge in [-0.3, -0.25) is 19.2 Å². The van der Waals surface area contributed by atoms with Gasteiger partial charge in [0, 0.05) is 58.5 Å². The molecule has 15 heteroatoms. The molecule has 0 aromatic heterocycles. The van der Waals surface area contributed by atoms with E-state index < -0.39 is 77.8 Å². The van der Waals surface area contributed by atoms with Crippen LogP contribution in [0.25, 0.3) is 0 Å². The number of rotatable bonds is 9. The summed E-state index contributed by atoms with van der Waals surface area (Å²) in [7, 11) is 4.58. The number of cyclic esters (lactones) is 1. The first kappa shape index (κ1) is 57.2. The third-order valence-electron chi connectivity index (χ3n) is 14.9. The minimum Gasteiger partial charge on any atom is -0.460 e. The molecule has 1 amide bonds. The molecule has 15 nitrogen and oxygen atoms in total. The number of carbonyl (C=O) groups excluding carboxylic acids is 5. The number of Topliss-reactive ketones (excluding diaryl/α,β-unsaturated/α-hetero) is 3. The number of allylic oxidation sites excluding steroid dienone is 6. The second-order valence-electron chi connectivity index (χ2n) is 20.2. The number of aliphatic hydroxyl groups excluding tert-OH is 2. The largest absolute Gasteiger partial charge is 0.460 e. The van der Waals surface area contributed by atoms with Crippen molar-refractivity contribution in [2.75, 3.05) is 41.1 Å². The number of piperidine rings is 1. The Kier molecular flexibility index (Phi) is 22.9. The van der Waals surface area contributed by atoms with Gasteiger partial charge in [-0.05, 0) is 107 Å². The summed E-state index contributed by atoms with van der Waals surface area (Å²) < 4.78 is 35.6. The molecule has 68 heavy (non-hydrogen) atoms. The van der Waals surface area contributed by atoms with E-state index in [1.807, 2.05) is 58.1 Å². The summed E-state index contributed by atoms with van der Waals surface area (Å²) in [5.41, 5.74) is 1.26. The van der Waals surface area contributed by atoms with Gasteiger partial charge in [0.15, 0.2) is 5.78 Å². The number of ketones is 3. The van der Waals surface area contributed by atoms with Crippen LogP contribution in [0.3, 0.4) is 0 Å². The van der Waals surface area contributed by atoms with Crippen molar-refractivity contribution in [2.24, 2.45) is 35.5 Å². The molecule has 384 valence electrons. The maximum Gasteiger partial charge on any atom is 0.329 e. The predicted octanol–water partition coefficient (Wildman–Crippen LogP) is 6.20. The Morgan fingerprint density at radius 3 is 2.26 bits per heavy atom. The van der Waals surface area contributed by atoms with E-state index in [0.29, 0.717) is 63.4 Å². The molecule has 0 aromatic carbocycles. The minimum absolute atomic E-state index is 0.0158. The molecule has 3 N–H and O–H groups in total. The molecule has 1 saturated carbocycles. The monoisotopic (exact) mass is 958 g/mol. The Balaban J connectivity index is 1.70. The van der Waals surface area contributed by atoms with Crippen molar-refractivity contribution in [2.45, 2.75) is 180 Å². The van der Waals surface area contributed by atoms with Crippen LogP contribution < -0.4 is 0 Å². The van der Waals surface area contributed by atoms with Crippen molar-refractivity contribution >= 4 is 29.2 Å². The highest BCUT2D eigenvalue weighted by Crippen LogP contribution is 2.38. The zero-order valence-corrected chi connectivity index (χ0v) is 42.4. The van der Waals surface area contributed by atoms with E-state index in [1.54, 1.807) is 41.1 Å². The normalized spacial score (nSPS) is 36.7. The summed E-state index contributed by atoms with van der Waals surface area (Å²) in [4.78, 5) is 72.1. The van der Waals surface area contributed by atoms with Gasteiger partial charge in [0.05, 0.1) is 37.6 Å². The van der Waals surface area contributed by atoms with E-state index in [2.05, 4.69) is 0 Å². The Hall–Kier alpha value is -3.41. The van der Waals surface area contributed by atoms with E-state index in [1.165, 1.54) is 12.0 Å². The van der Waals surface area contributed by atoms with E-state index in [9.17, 15) is 39.3 Å². The van der Waals surface area contributed by atoms with Crippen LogP contribution in [-0.2, 0) is 52.4 Å². The molecular formula is C53H83NO14. The summed E-state index contributed by atoms with van der Waals surface area (Å²) in [5.74, 6) is -7.96. The molecule has 3 aliphatic heterocycles. The fourth-order valence-electron chi connectivity index (χ4n) is 10.5. The van der Waals surface area contributed by atoms with Crippen LogP contribution in [0.4, 0.5) is 0 Å². The van der Waals surface area contributed by atoms with Gasteiger partial charge in [-0.15, -0.1) is 0 Å². The molecule has 2 unspecified atom stereocenters. The number of nitrogens with zero attached hydrogens (tertiary/aromatic N) is 1. The van der Waals surface area contributed by atoms with Gasteiger partial charge in [-0.25, -0.2) is 4.79 Å². The summed E-state index contributed by atoms with van der Waals surface area (Å²) in [5, 5.41) is 32.8. The van der Waals surface area contributed by atoms with Crippen molar-refractivity contribution in [3.63, 3.8) is 0 Å². The summed E-state index contributed by atoms with van der Waals surface area (Å²) >= 11 is 0. The average Bonchev–Trinajstić information content (AvgIpc) is 3.32. The number of amides is 1. The highest BCUT2D eigenvalue weighted by molar-refractivity contribution is 6.39. The van der Waals surface area contributed by atoms with Crippen LogP contribution in [0.5, 0.6) is 0 Å². The van der Waals surface area contributed by atoms with E-state index >= 15 is 0 Å². The Bertz CT molecular complexity index is 1810. The van der Waals surface area contributed by atoms with E-state index in [-0.39, 0.29) is 74.1 Å². The molecule has 0 aromatic rings. The van der Waals surface area contributed by atoms with Crippen LogP contribution in [0.15, 0.2) is 47.6 Å². The van der Waals surface area contributed by atoms with Crippen molar-refractivity contribution in [1.82, 2.24) is 4.90 Å². The summed E-state index contributed by atoms with van der Waals surface area (Å²) in [6.07, 6.45) is 12.0. The highest BCUT2D eigenvalue weighted by Gasteiger charge is 2.53. The first-order valence-electron chi connectivity index (χ1n) is 25.0. The number of aliphatic hydroxyl groups is 3. The first-order chi connectivity index (χ1) is 32.3. The number of carbonyl (C=O) groups is 5. The van der Waals surface area contributed by atoms with Gasteiger partial charge < -0.3 is 48.6 Å². The molecule has 15 atom stereocenters. The number of esters is 1. The second kappa shape index (κ2) is 27.3. The Morgan fingerprint density at radius 1 is 0.853 bits per heavy atom. The SMILES string of the molecule is CO[C@H]1C[C@@H]2CC[C@@H](C)[C@@](O)(O2)C(=O)C(=O)N2CCCC[C@H]2C(=O)O[C@H]([C@@H](C)C[C@@H]2CCC(OCCO)[C@H](OC)C2)CC(=O)[C@H](C)C=C(C)[C@@H](O)[C@@H](OC)C(=O)[C@H](C)CC(C)C=CC=CC=C1C. The van der Waals surface area contributed by atoms with Gasteiger partial charge in [-0.1, -0.05) is 71.1 Å². The molecule has 4 aliphatic rings. The summed E-state index contributed by atoms with van der Waals surface area (Å²) in [6.45, 7) is 12.9. The zero-order chi connectivity index (χ0) is 50.3.